The van der Waals surface area contributed by atoms with Crippen molar-refractivity contribution in [3.8, 4) is 0 Å². The number of aliphatic hydroxyl groups is 1. The molecule has 0 amide bonds. The van der Waals surface area contributed by atoms with Gasteiger partial charge in [-0.2, -0.15) is 0 Å². The molecule has 1 aromatic carbocycles. The predicted octanol–water partition coefficient (Wildman–Crippen LogP) is 0.468. The number of rotatable bonds is 7. The van der Waals surface area contributed by atoms with Crippen LogP contribution in [0.2, 0.25) is 0 Å². The number of aliphatic hydroxyl groups excluding tert-OH is 1. The molecule has 0 aliphatic rings. The molecule has 0 fully saturated rings. The van der Waals surface area contributed by atoms with E-state index in [0.29, 0.717) is 5.56 Å². The molecule has 2 rings (SSSR count). The molecule has 0 aliphatic heterocycles. The van der Waals surface area contributed by atoms with Crippen molar-refractivity contribution in [3.63, 3.8) is 0 Å². The lowest BCUT2D eigenvalue weighted by molar-refractivity contribution is 0.156. The van der Waals surface area contributed by atoms with Crippen molar-refractivity contribution >= 4 is 10.0 Å². The molecule has 1 unspecified atom stereocenters. The lowest BCUT2D eigenvalue weighted by atomic mass is 10.2. The largest absolute Gasteiger partial charge is 0.390 e. The lowest BCUT2D eigenvalue weighted by Crippen LogP contribution is -2.36. The zero-order valence-electron chi connectivity index (χ0n) is 12.2. The topological polar surface area (TPSA) is 88.4 Å². The quantitative estimate of drug-likeness (QED) is 0.767. The molecule has 23 heavy (non-hydrogen) atoms. The zero-order valence-corrected chi connectivity index (χ0v) is 13.0. The van der Waals surface area contributed by atoms with Gasteiger partial charge in [-0.05, 0) is 23.8 Å². The van der Waals surface area contributed by atoms with Gasteiger partial charge in [0.2, 0.25) is 10.0 Å². The molecule has 1 aromatic heterocycles. The average Bonchev–Trinajstić information content (AvgIpc) is 2.47. The van der Waals surface area contributed by atoms with Gasteiger partial charge in [-0.1, -0.05) is 18.2 Å². The van der Waals surface area contributed by atoms with E-state index in [-0.39, 0.29) is 24.4 Å². The van der Waals surface area contributed by atoms with E-state index in [9.17, 15) is 22.7 Å². The first kappa shape index (κ1) is 17.3. The number of hydrogen-bond donors (Lipinski definition) is 2. The van der Waals surface area contributed by atoms with Crippen LogP contribution in [0.1, 0.15) is 5.56 Å². The van der Waals surface area contributed by atoms with Crippen LogP contribution >= 0.6 is 0 Å². The molecule has 6 nitrogen and oxygen atoms in total. The summed E-state index contributed by atoms with van der Waals surface area (Å²) < 4.78 is 40.4. The maximum Gasteiger partial charge on any atom is 0.250 e. The van der Waals surface area contributed by atoms with Gasteiger partial charge < -0.3 is 9.67 Å². The summed E-state index contributed by atoms with van der Waals surface area (Å²) in [5, 5.41) is 9.85. The molecule has 0 bridgehead atoms. The first-order valence-corrected chi connectivity index (χ1v) is 8.56. The number of hydrogen-bond acceptors (Lipinski definition) is 4. The molecule has 0 saturated carbocycles. The Labute approximate surface area is 133 Å². The summed E-state index contributed by atoms with van der Waals surface area (Å²) in [4.78, 5) is 11.5. The van der Waals surface area contributed by atoms with Crippen molar-refractivity contribution in [3.05, 3.63) is 70.4 Å². The third-order valence-electron chi connectivity index (χ3n) is 3.09. The zero-order chi connectivity index (χ0) is 16.9. The SMILES string of the molecule is O=c1ccccn1CC(O)CNS(=O)(=O)Cc1cccc(F)c1. The molecule has 2 N–H and O–H groups in total. The Bertz CT molecular complexity index is 820. The summed E-state index contributed by atoms with van der Waals surface area (Å²) in [6.07, 6.45) is 0.449. The number of nitrogens with zero attached hydrogens (tertiary/aromatic N) is 1. The first-order valence-electron chi connectivity index (χ1n) is 6.91. The van der Waals surface area contributed by atoms with Crippen LogP contribution in [-0.4, -0.2) is 30.7 Å². The summed E-state index contributed by atoms with van der Waals surface area (Å²) >= 11 is 0. The molecular weight excluding hydrogens is 323 g/mol. The Kier molecular flexibility index (Phi) is 5.64. The van der Waals surface area contributed by atoms with Gasteiger partial charge in [0, 0.05) is 18.8 Å². The fourth-order valence-electron chi connectivity index (χ4n) is 2.02. The van der Waals surface area contributed by atoms with Crippen molar-refractivity contribution in [2.24, 2.45) is 0 Å². The molecular formula is C15H17FN2O4S. The second-order valence-corrected chi connectivity index (χ2v) is 6.89. The highest BCUT2D eigenvalue weighted by Crippen LogP contribution is 2.07. The van der Waals surface area contributed by atoms with Crippen molar-refractivity contribution in [1.29, 1.82) is 0 Å². The minimum atomic E-state index is -3.71. The van der Waals surface area contributed by atoms with Crippen LogP contribution in [0.4, 0.5) is 4.39 Å². The summed E-state index contributed by atoms with van der Waals surface area (Å²) in [7, 11) is -3.71. The van der Waals surface area contributed by atoms with Gasteiger partial charge in [0.15, 0.2) is 0 Å². The molecule has 0 spiro atoms. The van der Waals surface area contributed by atoms with Gasteiger partial charge in [0.05, 0.1) is 18.4 Å². The normalized spacial score (nSPS) is 13.0. The van der Waals surface area contributed by atoms with Gasteiger partial charge >= 0.3 is 0 Å². The highest BCUT2D eigenvalue weighted by Gasteiger charge is 2.15. The van der Waals surface area contributed by atoms with Crippen molar-refractivity contribution < 1.29 is 17.9 Å². The highest BCUT2D eigenvalue weighted by atomic mass is 32.2. The predicted molar refractivity (Wildman–Crippen MR) is 83.7 cm³/mol. The Balaban J connectivity index is 1.91. The van der Waals surface area contributed by atoms with Gasteiger partial charge in [-0.15, -0.1) is 0 Å². The molecule has 0 saturated heterocycles. The number of aromatic nitrogens is 1. The summed E-state index contributed by atoms with van der Waals surface area (Å²) in [5.74, 6) is -0.899. The molecule has 2 aromatic rings. The first-order chi connectivity index (χ1) is 10.9. The van der Waals surface area contributed by atoms with E-state index >= 15 is 0 Å². The molecule has 1 heterocycles. The Morgan fingerprint density at radius 2 is 2.00 bits per heavy atom. The van der Waals surface area contributed by atoms with Gasteiger partial charge in [-0.25, -0.2) is 17.5 Å². The van der Waals surface area contributed by atoms with Crippen LogP contribution in [0.3, 0.4) is 0 Å². The number of sulfonamides is 1. The van der Waals surface area contributed by atoms with Crippen LogP contribution in [0, 0.1) is 5.82 Å². The van der Waals surface area contributed by atoms with Crippen LogP contribution < -0.4 is 10.3 Å². The standard InChI is InChI=1S/C15H17FN2O4S/c16-13-5-3-4-12(8-13)11-23(21,22)17-9-14(19)10-18-7-2-1-6-15(18)20/h1-8,14,17,19H,9-11H2. The third kappa shape index (κ3) is 5.59. The monoisotopic (exact) mass is 340 g/mol. The summed E-state index contributed by atoms with van der Waals surface area (Å²) in [6.45, 7) is -0.263. The third-order valence-corrected chi connectivity index (χ3v) is 4.41. The number of halogens is 1. The van der Waals surface area contributed by atoms with Crippen molar-refractivity contribution in [2.75, 3.05) is 6.54 Å². The fraction of sp³-hybridized carbons (Fsp3) is 0.267. The number of pyridine rings is 1. The smallest absolute Gasteiger partial charge is 0.250 e. The fourth-order valence-corrected chi connectivity index (χ4v) is 3.19. The van der Waals surface area contributed by atoms with E-state index in [1.165, 1.54) is 35.0 Å². The Morgan fingerprint density at radius 3 is 2.70 bits per heavy atom. The van der Waals surface area contributed by atoms with E-state index < -0.39 is 21.9 Å². The van der Waals surface area contributed by atoms with Crippen LogP contribution in [0.5, 0.6) is 0 Å². The molecule has 1 atom stereocenters. The van der Waals surface area contributed by atoms with Crippen molar-refractivity contribution in [2.45, 2.75) is 18.4 Å². The van der Waals surface area contributed by atoms with E-state index in [2.05, 4.69) is 4.72 Å². The van der Waals surface area contributed by atoms with E-state index in [0.717, 1.165) is 6.07 Å². The Hall–Kier alpha value is -2.03. The van der Waals surface area contributed by atoms with Crippen LogP contribution in [-0.2, 0) is 22.3 Å². The second-order valence-electron chi connectivity index (χ2n) is 5.08. The molecule has 0 radical (unpaired) electrons. The summed E-state index contributed by atoms with van der Waals surface area (Å²) in [5.41, 5.74) is 0.0282. The number of nitrogens with one attached hydrogen (secondary N) is 1. The van der Waals surface area contributed by atoms with Gasteiger partial charge in [0.1, 0.15) is 5.82 Å². The highest BCUT2D eigenvalue weighted by molar-refractivity contribution is 7.88. The molecule has 8 heteroatoms. The average molecular weight is 340 g/mol. The Morgan fingerprint density at radius 1 is 1.22 bits per heavy atom. The van der Waals surface area contributed by atoms with E-state index in [4.69, 9.17) is 0 Å². The minimum Gasteiger partial charge on any atom is -0.390 e. The van der Waals surface area contributed by atoms with Gasteiger partial charge in [0.25, 0.3) is 5.56 Å². The number of benzene rings is 1. The van der Waals surface area contributed by atoms with Gasteiger partial charge in [-0.3, -0.25) is 4.79 Å². The maximum atomic E-state index is 13.0. The van der Waals surface area contributed by atoms with Crippen LogP contribution in [0.15, 0.2) is 53.5 Å². The minimum absolute atomic E-state index is 0.0256. The van der Waals surface area contributed by atoms with Crippen LogP contribution in [0.25, 0.3) is 0 Å². The molecule has 0 aliphatic carbocycles. The second kappa shape index (κ2) is 7.49. The lowest BCUT2D eigenvalue weighted by Gasteiger charge is -2.13. The van der Waals surface area contributed by atoms with E-state index in [1.54, 1.807) is 12.1 Å². The van der Waals surface area contributed by atoms with Crippen molar-refractivity contribution in [1.82, 2.24) is 9.29 Å². The van der Waals surface area contributed by atoms with E-state index in [1.807, 2.05) is 0 Å². The molecule has 124 valence electrons. The maximum absolute atomic E-state index is 13.0. The summed E-state index contributed by atoms with van der Waals surface area (Å²) in [6, 6.07) is 9.86.